The Balaban J connectivity index is 1.31. The van der Waals surface area contributed by atoms with Crippen LogP contribution in [0.3, 0.4) is 0 Å². The molecule has 1 aromatic carbocycles. The van der Waals surface area contributed by atoms with Gasteiger partial charge in [0.05, 0.1) is 0 Å². The fraction of sp³-hybridized carbons (Fsp3) is 0.478. The van der Waals surface area contributed by atoms with Gasteiger partial charge in [-0.2, -0.15) is 0 Å². The first kappa shape index (κ1) is 17.7. The normalized spacial score (nSPS) is 28.0. The molecule has 5 heteroatoms. The van der Waals surface area contributed by atoms with Gasteiger partial charge in [0.25, 0.3) is 5.91 Å². The van der Waals surface area contributed by atoms with E-state index in [9.17, 15) is 9.59 Å². The van der Waals surface area contributed by atoms with Crippen molar-refractivity contribution in [2.75, 3.05) is 13.1 Å². The Kier molecular flexibility index (Phi) is 4.35. The Hall–Kier alpha value is -2.40. The van der Waals surface area contributed by atoms with Crippen LogP contribution in [0.5, 0.6) is 0 Å². The molecule has 28 heavy (non-hydrogen) atoms. The Bertz CT molecular complexity index is 934. The van der Waals surface area contributed by atoms with Gasteiger partial charge in [0.2, 0.25) is 0 Å². The van der Waals surface area contributed by atoms with Gasteiger partial charge in [0, 0.05) is 31.6 Å². The zero-order valence-corrected chi connectivity index (χ0v) is 16.2. The molecular formula is C23H26N2O3. The van der Waals surface area contributed by atoms with Crippen molar-refractivity contribution in [3.8, 4) is 0 Å². The highest BCUT2D eigenvalue weighted by molar-refractivity contribution is 5.95. The molecule has 3 aliphatic heterocycles. The van der Waals surface area contributed by atoms with Crippen LogP contribution < -0.4 is 10.9 Å². The van der Waals surface area contributed by atoms with Crippen molar-refractivity contribution in [3.63, 3.8) is 0 Å². The second-order valence-corrected chi connectivity index (χ2v) is 8.54. The van der Waals surface area contributed by atoms with Crippen LogP contribution in [-0.2, 0) is 12.8 Å². The molecule has 1 N–H and O–H groups in total. The van der Waals surface area contributed by atoms with E-state index < -0.39 is 5.63 Å². The SMILES string of the molecule is Cc1cc(CCc2ccccc2)oc(=O)c1C(=O)N1C[C@@H]2[C@H](C1)[C@@H]1CC[C@H]2N1. The Morgan fingerprint density at radius 1 is 1.11 bits per heavy atom. The Labute approximate surface area is 164 Å². The van der Waals surface area contributed by atoms with Gasteiger partial charge in [-0.15, -0.1) is 0 Å². The van der Waals surface area contributed by atoms with Crippen LogP contribution in [0.1, 0.15) is 40.1 Å². The minimum atomic E-state index is -0.494. The fourth-order valence-electron chi connectivity index (χ4n) is 5.47. The first-order valence-corrected chi connectivity index (χ1v) is 10.3. The molecular weight excluding hydrogens is 352 g/mol. The predicted molar refractivity (Wildman–Crippen MR) is 106 cm³/mol. The largest absolute Gasteiger partial charge is 0.427 e. The lowest BCUT2D eigenvalue weighted by atomic mass is 9.82. The molecule has 3 fully saturated rings. The summed E-state index contributed by atoms with van der Waals surface area (Å²) in [5.74, 6) is 1.57. The third kappa shape index (κ3) is 2.98. The van der Waals surface area contributed by atoms with Crippen molar-refractivity contribution in [1.82, 2.24) is 10.2 Å². The number of carbonyl (C=O) groups excluding carboxylic acids is 1. The number of hydrogen-bond acceptors (Lipinski definition) is 4. The molecule has 5 nitrogen and oxygen atoms in total. The second-order valence-electron chi connectivity index (χ2n) is 8.54. The molecule has 146 valence electrons. The zero-order valence-electron chi connectivity index (χ0n) is 16.2. The first-order chi connectivity index (χ1) is 13.6. The van der Waals surface area contributed by atoms with Crippen molar-refractivity contribution in [1.29, 1.82) is 0 Å². The lowest BCUT2D eigenvalue weighted by Gasteiger charge is -2.19. The van der Waals surface area contributed by atoms with E-state index in [2.05, 4.69) is 17.4 Å². The number of fused-ring (bicyclic) bond motifs is 5. The maximum Gasteiger partial charge on any atom is 0.349 e. The monoisotopic (exact) mass is 378 g/mol. The van der Waals surface area contributed by atoms with E-state index in [1.807, 2.05) is 36.1 Å². The third-order valence-corrected chi connectivity index (χ3v) is 6.87. The maximum atomic E-state index is 13.1. The van der Waals surface area contributed by atoms with Gasteiger partial charge in [0.15, 0.2) is 0 Å². The van der Waals surface area contributed by atoms with Crippen LogP contribution in [0.4, 0.5) is 0 Å². The number of nitrogens with zero attached hydrogens (tertiary/aromatic N) is 1. The zero-order chi connectivity index (χ0) is 19.3. The van der Waals surface area contributed by atoms with Gasteiger partial charge in [-0.1, -0.05) is 30.3 Å². The molecule has 3 aliphatic rings. The average Bonchev–Trinajstić information content (AvgIpc) is 3.39. The number of nitrogens with one attached hydrogen (secondary N) is 1. The number of likely N-dealkylation sites (tertiary alicyclic amines) is 1. The van der Waals surface area contributed by atoms with Crippen LogP contribution in [0, 0.1) is 18.8 Å². The molecule has 2 bridgehead atoms. The highest BCUT2D eigenvalue weighted by atomic mass is 16.4. The van der Waals surface area contributed by atoms with Gasteiger partial charge < -0.3 is 14.6 Å². The maximum absolute atomic E-state index is 13.1. The summed E-state index contributed by atoms with van der Waals surface area (Å²) in [5, 5.41) is 3.67. The predicted octanol–water partition coefficient (Wildman–Crippen LogP) is 2.56. The van der Waals surface area contributed by atoms with E-state index in [1.54, 1.807) is 0 Å². The Morgan fingerprint density at radius 2 is 1.79 bits per heavy atom. The van der Waals surface area contributed by atoms with Crippen molar-refractivity contribution in [2.45, 2.75) is 44.7 Å². The van der Waals surface area contributed by atoms with E-state index >= 15 is 0 Å². The molecule has 0 spiro atoms. The van der Waals surface area contributed by atoms with Crippen molar-refractivity contribution in [3.05, 3.63) is 69.3 Å². The van der Waals surface area contributed by atoms with Crippen LogP contribution in [0.2, 0.25) is 0 Å². The number of rotatable bonds is 4. The van der Waals surface area contributed by atoms with Gasteiger partial charge >= 0.3 is 5.63 Å². The molecule has 0 saturated carbocycles. The number of amides is 1. The fourth-order valence-corrected chi connectivity index (χ4v) is 5.47. The molecule has 0 radical (unpaired) electrons. The quantitative estimate of drug-likeness (QED) is 0.888. The van der Waals surface area contributed by atoms with Crippen LogP contribution in [0.25, 0.3) is 0 Å². The molecule has 4 atom stereocenters. The van der Waals surface area contributed by atoms with Crippen LogP contribution >= 0.6 is 0 Å². The molecule has 3 saturated heterocycles. The van der Waals surface area contributed by atoms with Gasteiger partial charge in [0.1, 0.15) is 11.3 Å². The van der Waals surface area contributed by atoms with Crippen molar-refractivity contribution >= 4 is 5.91 Å². The Morgan fingerprint density at radius 3 is 2.43 bits per heavy atom. The minimum Gasteiger partial charge on any atom is -0.427 e. The van der Waals surface area contributed by atoms with Gasteiger partial charge in [-0.25, -0.2) is 4.79 Å². The van der Waals surface area contributed by atoms with E-state index in [1.165, 1.54) is 18.4 Å². The van der Waals surface area contributed by atoms with Crippen LogP contribution in [0.15, 0.2) is 45.6 Å². The minimum absolute atomic E-state index is 0.158. The molecule has 1 aromatic heterocycles. The second kappa shape index (κ2) is 6.89. The molecule has 0 unspecified atom stereocenters. The summed E-state index contributed by atoms with van der Waals surface area (Å²) >= 11 is 0. The summed E-state index contributed by atoms with van der Waals surface area (Å²) < 4.78 is 5.52. The number of benzene rings is 1. The first-order valence-electron chi connectivity index (χ1n) is 10.3. The van der Waals surface area contributed by atoms with Crippen molar-refractivity contribution < 1.29 is 9.21 Å². The summed E-state index contributed by atoms with van der Waals surface area (Å²) in [5.41, 5.74) is 1.65. The lowest BCUT2D eigenvalue weighted by Crippen LogP contribution is -2.37. The van der Waals surface area contributed by atoms with E-state index in [0.717, 1.165) is 25.1 Å². The van der Waals surface area contributed by atoms with E-state index in [4.69, 9.17) is 4.42 Å². The molecule has 4 heterocycles. The average molecular weight is 378 g/mol. The molecule has 5 rings (SSSR count). The summed E-state index contributed by atoms with van der Waals surface area (Å²) in [6, 6.07) is 13.1. The van der Waals surface area contributed by atoms with Crippen LogP contribution in [-0.4, -0.2) is 36.0 Å². The summed E-state index contributed by atoms with van der Waals surface area (Å²) in [4.78, 5) is 27.6. The molecule has 2 aromatic rings. The van der Waals surface area contributed by atoms with E-state index in [-0.39, 0.29) is 11.5 Å². The topological polar surface area (TPSA) is 62.6 Å². The lowest BCUT2D eigenvalue weighted by molar-refractivity contribution is 0.0773. The third-order valence-electron chi connectivity index (χ3n) is 6.87. The standard InChI is InChI=1S/C23H26N2O3/c1-14-11-16(8-7-15-5-3-2-4-6-15)28-23(27)21(14)22(26)25-12-17-18(13-25)20-10-9-19(17)24-20/h2-6,11,17-20,24H,7-10,12-13H2,1H3/t17-,18+,19-,20+. The summed E-state index contributed by atoms with van der Waals surface area (Å²) in [7, 11) is 0. The summed E-state index contributed by atoms with van der Waals surface area (Å²) in [6.07, 6.45) is 3.88. The molecule has 0 aliphatic carbocycles. The highest BCUT2D eigenvalue weighted by Crippen LogP contribution is 2.43. The van der Waals surface area contributed by atoms with E-state index in [0.29, 0.717) is 36.1 Å². The van der Waals surface area contributed by atoms with Crippen molar-refractivity contribution in [2.24, 2.45) is 11.8 Å². The van der Waals surface area contributed by atoms with Gasteiger partial charge in [-0.05, 0) is 55.2 Å². The molecule has 1 amide bonds. The van der Waals surface area contributed by atoms with Gasteiger partial charge in [-0.3, -0.25) is 4.79 Å². The smallest absolute Gasteiger partial charge is 0.349 e. The number of aryl methyl sites for hydroxylation is 3. The highest BCUT2D eigenvalue weighted by Gasteiger charge is 2.52. The number of hydrogen-bond donors (Lipinski definition) is 1. The number of carbonyl (C=O) groups is 1. The summed E-state index contributed by atoms with van der Waals surface area (Å²) in [6.45, 7) is 3.36.